The molecule has 0 aromatic heterocycles. The van der Waals surface area contributed by atoms with E-state index in [0.29, 0.717) is 26.2 Å². The monoisotopic (exact) mass is 368 g/mol. The van der Waals surface area contributed by atoms with Gasteiger partial charge in [0.2, 0.25) is 5.91 Å². The first kappa shape index (κ1) is 21.6. The Kier molecular flexibility index (Phi) is 11.1. The molecule has 0 saturated carbocycles. The van der Waals surface area contributed by atoms with Crippen molar-refractivity contribution in [1.82, 2.24) is 9.80 Å². The molecule has 0 aliphatic rings. The summed E-state index contributed by atoms with van der Waals surface area (Å²) < 4.78 is 5.55. The van der Waals surface area contributed by atoms with Crippen LogP contribution in [-0.4, -0.2) is 67.9 Å². The van der Waals surface area contributed by atoms with Gasteiger partial charge in [0.05, 0.1) is 26.2 Å². The molecular weight excluding hydrogens is 340 g/mol. The third-order valence-corrected chi connectivity index (χ3v) is 4.53. The second-order valence-corrected chi connectivity index (χ2v) is 6.14. The zero-order valence-electron chi connectivity index (χ0n) is 15.2. The average molecular weight is 369 g/mol. The van der Waals surface area contributed by atoms with E-state index in [1.54, 1.807) is 4.90 Å². The van der Waals surface area contributed by atoms with Crippen LogP contribution < -0.4 is 0 Å². The maximum absolute atomic E-state index is 12.3. The van der Waals surface area contributed by atoms with Gasteiger partial charge < -0.3 is 19.3 Å². The van der Waals surface area contributed by atoms with Crippen LogP contribution in [0.4, 0.5) is 0 Å². The Hall–Kier alpha value is -1.43. The summed E-state index contributed by atoms with van der Waals surface area (Å²) in [7, 11) is 0. The van der Waals surface area contributed by atoms with Crippen molar-refractivity contribution in [3.8, 4) is 0 Å². The number of hydrogen-bond acceptors (Lipinski definition) is 4. The van der Waals surface area contributed by atoms with Crippen LogP contribution in [0.2, 0.25) is 5.02 Å². The molecule has 0 heterocycles. The minimum Gasteiger partial charge on any atom is -0.381 e. The number of amides is 1. The number of halogens is 1. The summed E-state index contributed by atoms with van der Waals surface area (Å²) in [6.45, 7) is 8.40. The van der Waals surface area contributed by atoms with E-state index in [2.05, 4.69) is 18.7 Å². The van der Waals surface area contributed by atoms with Gasteiger partial charge in [-0.1, -0.05) is 43.6 Å². The zero-order valence-corrected chi connectivity index (χ0v) is 16.0. The number of benzene rings is 1. The van der Waals surface area contributed by atoms with E-state index < -0.39 is 0 Å². The molecule has 0 unspecified atom stereocenters. The number of likely N-dealkylation sites (N-methyl/N-ethyl adjacent to an activating group) is 1. The standard InChI is InChI=1S/C19H29ClN2O3/c1-3-21(4-2)11-12-22(13-14-23)19(24)10-16-25-15-9-17-7-5-6-8-18(17)20/h5-8,14H,3-4,9-13,15-16H2,1-2H3. The van der Waals surface area contributed by atoms with Crippen molar-refractivity contribution < 1.29 is 14.3 Å². The SMILES string of the molecule is CCN(CC)CCN(CC=O)C(=O)CCOCCc1ccccc1Cl. The molecule has 0 aliphatic carbocycles. The predicted octanol–water partition coefficient (Wildman–Crippen LogP) is 2.66. The fourth-order valence-corrected chi connectivity index (χ4v) is 2.74. The predicted molar refractivity (Wildman–Crippen MR) is 101 cm³/mol. The van der Waals surface area contributed by atoms with Crippen molar-refractivity contribution in [2.75, 3.05) is 45.9 Å². The number of carbonyl (C=O) groups excluding carboxylic acids is 2. The highest BCUT2D eigenvalue weighted by Crippen LogP contribution is 2.15. The normalized spacial score (nSPS) is 10.9. The lowest BCUT2D eigenvalue weighted by molar-refractivity contribution is -0.134. The third-order valence-electron chi connectivity index (χ3n) is 4.16. The number of hydrogen-bond donors (Lipinski definition) is 0. The highest BCUT2D eigenvalue weighted by molar-refractivity contribution is 6.31. The fourth-order valence-electron chi connectivity index (χ4n) is 2.51. The van der Waals surface area contributed by atoms with Gasteiger partial charge >= 0.3 is 0 Å². The molecule has 0 saturated heterocycles. The number of ether oxygens (including phenoxy) is 1. The van der Waals surface area contributed by atoms with Crippen molar-refractivity contribution in [2.45, 2.75) is 26.7 Å². The van der Waals surface area contributed by atoms with Crippen molar-refractivity contribution >= 4 is 23.8 Å². The Morgan fingerprint density at radius 2 is 1.88 bits per heavy atom. The Labute approximate surface area is 155 Å². The van der Waals surface area contributed by atoms with E-state index >= 15 is 0 Å². The molecule has 5 nitrogen and oxygen atoms in total. The van der Waals surface area contributed by atoms with Crippen LogP contribution in [-0.2, 0) is 20.7 Å². The Balaban J connectivity index is 2.29. The van der Waals surface area contributed by atoms with Crippen LogP contribution >= 0.6 is 11.6 Å². The van der Waals surface area contributed by atoms with Crippen molar-refractivity contribution in [3.63, 3.8) is 0 Å². The van der Waals surface area contributed by atoms with Gasteiger partial charge in [-0.2, -0.15) is 0 Å². The van der Waals surface area contributed by atoms with E-state index in [-0.39, 0.29) is 18.9 Å². The molecule has 25 heavy (non-hydrogen) atoms. The third kappa shape index (κ3) is 8.47. The van der Waals surface area contributed by atoms with Crippen molar-refractivity contribution in [2.24, 2.45) is 0 Å². The Bertz CT molecular complexity index is 521. The van der Waals surface area contributed by atoms with E-state index in [1.165, 1.54) is 0 Å². The van der Waals surface area contributed by atoms with Gasteiger partial charge in [0.1, 0.15) is 6.29 Å². The summed E-state index contributed by atoms with van der Waals surface area (Å²) in [4.78, 5) is 26.9. The fraction of sp³-hybridized carbons (Fsp3) is 0.579. The van der Waals surface area contributed by atoms with Crippen LogP contribution in [0.3, 0.4) is 0 Å². The van der Waals surface area contributed by atoms with E-state index in [0.717, 1.165) is 36.5 Å². The largest absolute Gasteiger partial charge is 0.381 e. The molecule has 0 N–H and O–H groups in total. The minimum atomic E-state index is -0.0444. The smallest absolute Gasteiger partial charge is 0.225 e. The second-order valence-electron chi connectivity index (χ2n) is 5.74. The van der Waals surface area contributed by atoms with Gasteiger partial charge in [-0.15, -0.1) is 0 Å². The van der Waals surface area contributed by atoms with Gasteiger partial charge in [0, 0.05) is 18.1 Å². The first-order chi connectivity index (χ1) is 12.1. The van der Waals surface area contributed by atoms with Crippen LogP contribution in [0.15, 0.2) is 24.3 Å². The molecule has 1 rings (SSSR count). The zero-order chi connectivity index (χ0) is 18.5. The maximum atomic E-state index is 12.3. The number of aldehydes is 1. The van der Waals surface area contributed by atoms with E-state index in [4.69, 9.17) is 16.3 Å². The van der Waals surface area contributed by atoms with Gasteiger partial charge in [-0.05, 0) is 31.1 Å². The molecule has 0 spiro atoms. The Morgan fingerprint density at radius 1 is 1.16 bits per heavy atom. The van der Waals surface area contributed by atoms with Crippen LogP contribution in [0, 0.1) is 0 Å². The molecule has 0 aliphatic heterocycles. The average Bonchev–Trinajstić information content (AvgIpc) is 2.62. The molecule has 6 heteroatoms. The molecule has 0 fully saturated rings. The lowest BCUT2D eigenvalue weighted by atomic mass is 10.2. The van der Waals surface area contributed by atoms with Gasteiger partial charge in [0.15, 0.2) is 0 Å². The van der Waals surface area contributed by atoms with Gasteiger partial charge in [-0.25, -0.2) is 0 Å². The molecule has 1 amide bonds. The summed E-state index contributed by atoms with van der Waals surface area (Å²) in [5, 5.41) is 0.732. The summed E-state index contributed by atoms with van der Waals surface area (Å²) in [6, 6.07) is 7.66. The lowest BCUT2D eigenvalue weighted by Crippen LogP contribution is -2.40. The van der Waals surface area contributed by atoms with Crippen molar-refractivity contribution in [3.05, 3.63) is 34.9 Å². The molecular formula is C19H29ClN2O3. The first-order valence-electron chi connectivity index (χ1n) is 8.87. The van der Waals surface area contributed by atoms with Gasteiger partial charge in [0.25, 0.3) is 0 Å². The summed E-state index contributed by atoms with van der Waals surface area (Å²) in [6.07, 6.45) is 1.78. The second kappa shape index (κ2) is 12.9. The molecule has 0 atom stereocenters. The van der Waals surface area contributed by atoms with Crippen LogP contribution in [0.5, 0.6) is 0 Å². The summed E-state index contributed by atoms with van der Waals surface area (Å²) in [5.74, 6) is -0.0444. The highest BCUT2D eigenvalue weighted by Gasteiger charge is 2.13. The quantitative estimate of drug-likeness (QED) is 0.397. The van der Waals surface area contributed by atoms with E-state index in [9.17, 15) is 9.59 Å². The molecule has 0 bridgehead atoms. The number of nitrogens with zero attached hydrogens (tertiary/aromatic N) is 2. The van der Waals surface area contributed by atoms with Crippen LogP contribution in [0.1, 0.15) is 25.8 Å². The Morgan fingerprint density at radius 3 is 2.52 bits per heavy atom. The number of rotatable bonds is 13. The first-order valence-corrected chi connectivity index (χ1v) is 9.25. The maximum Gasteiger partial charge on any atom is 0.225 e. The molecule has 0 radical (unpaired) electrons. The number of carbonyl (C=O) groups is 2. The summed E-state index contributed by atoms with van der Waals surface area (Å²) >= 11 is 6.09. The van der Waals surface area contributed by atoms with Crippen molar-refractivity contribution in [1.29, 1.82) is 0 Å². The minimum absolute atomic E-state index is 0.0444. The van der Waals surface area contributed by atoms with Gasteiger partial charge in [-0.3, -0.25) is 4.79 Å². The summed E-state index contributed by atoms with van der Waals surface area (Å²) in [5.41, 5.74) is 1.04. The van der Waals surface area contributed by atoms with Crippen LogP contribution in [0.25, 0.3) is 0 Å². The van der Waals surface area contributed by atoms with E-state index in [1.807, 2.05) is 24.3 Å². The topological polar surface area (TPSA) is 49.9 Å². The molecule has 140 valence electrons. The molecule has 1 aromatic rings. The molecule has 1 aromatic carbocycles. The highest BCUT2D eigenvalue weighted by atomic mass is 35.5. The lowest BCUT2D eigenvalue weighted by Gasteiger charge is -2.25.